The van der Waals surface area contributed by atoms with Crippen molar-refractivity contribution >= 4 is 9.84 Å². The Hall–Kier alpha value is -4.13. The summed E-state index contributed by atoms with van der Waals surface area (Å²) in [5, 5.41) is 8.44. The molecule has 0 saturated carbocycles. The van der Waals surface area contributed by atoms with Gasteiger partial charge in [0, 0.05) is 12.5 Å². The number of para-hydroxylation sites is 1. The molecule has 3 heterocycles. The van der Waals surface area contributed by atoms with E-state index in [9.17, 15) is 12.8 Å². The Bertz CT molecular complexity index is 1440. The van der Waals surface area contributed by atoms with E-state index in [-0.39, 0.29) is 29.6 Å². The Labute approximate surface area is 206 Å². The zero-order chi connectivity index (χ0) is 25.7. The standard InChI is InChI=1S/C23H23FN6O5S/c1-33-17-7-5-8-18(34-2)22(17)30-20(28-29-23(30)16-6-4-9-21(27-16)35-3)14-36(31,32)11-10-19-25-12-15(24)13-26-19/h4-9,12-13H,10-11,14H2,1-3H3. The van der Waals surface area contributed by atoms with Crippen molar-refractivity contribution in [2.24, 2.45) is 0 Å². The Morgan fingerprint density at radius 3 is 2.22 bits per heavy atom. The fraction of sp³-hybridized carbons (Fsp3) is 0.261. The van der Waals surface area contributed by atoms with Gasteiger partial charge in [-0.05, 0) is 18.2 Å². The van der Waals surface area contributed by atoms with E-state index in [2.05, 4.69) is 25.1 Å². The molecule has 13 heteroatoms. The van der Waals surface area contributed by atoms with Crippen LogP contribution in [-0.4, -0.2) is 65.2 Å². The van der Waals surface area contributed by atoms with Crippen LogP contribution in [0, 0.1) is 5.82 Å². The first-order valence-corrected chi connectivity index (χ1v) is 12.5. The summed E-state index contributed by atoms with van der Waals surface area (Å²) in [5.74, 6) is 0.457. The summed E-state index contributed by atoms with van der Waals surface area (Å²) in [5.41, 5.74) is 0.817. The minimum absolute atomic E-state index is 0.0129. The van der Waals surface area contributed by atoms with E-state index in [1.807, 2.05) is 0 Å². The second kappa shape index (κ2) is 10.6. The molecule has 0 bridgehead atoms. The van der Waals surface area contributed by atoms with Crippen LogP contribution in [0.5, 0.6) is 17.4 Å². The van der Waals surface area contributed by atoms with Gasteiger partial charge in [0.1, 0.15) is 34.5 Å². The molecular weight excluding hydrogens is 491 g/mol. The van der Waals surface area contributed by atoms with Gasteiger partial charge in [-0.1, -0.05) is 12.1 Å². The number of hydrogen-bond donors (Lipinski definition) is 0. The SMILES string of the molecule is COc1cccc(-c2nnc(CS(=O)(=O)CCc3ncc(F)cn3)n2-c2c(OC)cccc2OC)n1. The molecule has 1 aromatic carbocycles. The van der Waals surface area contributed by atoms with Crippen LogP contribution in [0.2, 0.25) is 0 Å². The first kappa shape index (κ1) is 25.0. The van der Waals surface area contributed by atoms with Crippen molar-refractivity contribution in [3.8, 4) is 34.6 Å². The maximum Gasteiger partial charge on any atom is 0.213 e. The molecule has 0 atom stereocenters. The smallest absolute Gasteiger partial charge is 0.213 e. The van der Waals surface area contributed by atoms with Crippen molar-refractivity contribution in [1.82, 2.24) is 29.7 Å². The number of rotatable bonds is 10. The maximum absolute atomic E-state index is 13.1. The third kappa shape index (κ3) is 5.40. The van der Waals surface area contributed by atoms with E-state index in [4.69, 9.17) is 14.2 Å². The molecule has 0 saturated heterocycles. The van der Waals surface area contributed by atoms with Gasteiger partial charge in [0.15, 0.2) is 27.3 Å². The van der Waals surface area contributed by atoms with Gasteiger partial charge in [-0.2, -0.15) is 0 Å². The molecule has 11 nitrogen and oxygen atoms in total. The third-order valence-corrected chi connectivity index (χ3v) is 6.70. The first-order valence-electron chi connectivity index (χ1n) is 10.7. The average molecular weight is 515 g/mol. The molecule has 0 radical (unpaired) electrons. The summed E-state index contributed by atoms with van der Waals surface area (Å²) in [6.45, 7) is 0. The Kier molecular flexibility index (Phi) is 7.38. The largest absolute Gasteiger partial charge is 0.494 e. The maximum atomic E-state index is 13.1. The van der Waals surface area contributed by atoms with Crippen molar-refractivity contribution in [3.05, 3.63) is 66.3 Å². The van der Waals surface area contributed by atoms with Crippen molar-refractivity contribution in [2.75, 3.05) is 27.1 Å². The number of aryl methyl sites for hydroxylation is 1. The van der Waals surface area contributed by atoms with Gasteiger partial charge in [-0.15, -0.1) is 10.2 Å². The second-order valence-corrected chi connectivity index (χ2v) is 9.70. The summed E-state index contributed by atoms with van der Waals surface area (Å²) in [6, 6.07) is 10.3. The van der Waals surface area contributed by atoms with Crippen LogP contribution in [0.3, 0.4) is 0 Å². The molecule has 0 N–H and O–H groups in total. The van der Waals surface area contributed by atoms with Crippen LogP contribution in [0.25, 0.3) is 17.2 Å². The van der Waals surface area contributed by atoms with Crippen LogP contribution < -0.4 is 14.2 Å². The van der Waals surface area contributed by atoms with Gasteiger partial charge in [-0.3, -0.25) is 4.57 Å². The lowest BCUT2D eigenvalue weighted by molar-refractivity contribution is 0.390. The number of nitrogens with zero attached hydrogens (tertiary/aromatic N) is 6. The van der Waals surface area contributed by atoms with E-state index in [1.165, 1.54) is 21.3 Å². The van der Waals surface area contributed by atoms with Gasteiger partial charge < -0.3 is 14.2 Å². The van der Waals surface area contributed by atoms with Crippen LogP contribution in [0.15, 0.2) is 48.8 Å². The normalized spacial score (nSPS) is 11.3. The molecule has 188 valence electrons. The van der Waals surface area contributed by atoms with Crippen LogP contribution in [0.4, 0.5) is 4.39 Å². The third-order valence-electron chi connectivity index (χ3n) is 5.18. The first-order chi connectivity index (χ1) is 17.3. The van der Waals surface area contributed by atoms with Crippen LogP contribution >= 0.6 is 0 Å². The summed E-state index contributed by atoms with van der Waals surface area (Å²) >= 11 is 0. The number of ether oxygens (including phenoxy) is 3. The molecule has 0 unspecified atom stereocenters. The molecule has 3 aromatic heterocycles. The Balaban J connectivity index is 1.78. The molecule has 36 heavy (non-hydrogen) atoms. The molecule has 4 rings (SSSR count). The molecular formula is C23H23FN6O5S. The number of benzene rings is 1. The number of methoxy groups -OCH3 is 3. The quantitative estimate of drug-likeness (QED) is 0.311. The predicted octanol–water partition coefficient (Wildman–Crippen LogP) is 2.44. The summed E-state index contributed by atoms with van der Waals surface area (Å²) in [7, 11) is 0.753. The lowest BCUT2D eigenvalue weighted by atomic mass is 10.2. The summed E-state index contributed by atoms with van der Waals surface area (Å²) in [4.78, 5) is 12.1. The van der Waals surface area contributed by atoms with Crippen LogP contribution in [0.1, 0.15) is 11.6 Å². The molecule has 4 aromatic rings. The van der Waals surface area contributed by atoms with Gasteiger partial charge in [-0.25, -0.2) is 27.8 Å². The van der Waals surface area contributed by atoms with Crippen molar-refractivity contribution in [1.29, 1.82) is 0 Å². The average Bonchev–Trinajstić information content (AvgIpc) is 3.30. The van der Waals surface area contributed by atoms with Gasteiger partial charge in [0.05, 0.1) is 39.5 Å². The molecule has 0 fully saturated rings. The number of hydrogen-bond acceptors (Lipinski definition) is 10. The highest BCUT2D eigenvalue weighted by atomic mass is 32.2. The van der Waals surface area contributed by atoms with E-state index < -0.39 is 21.4 Å². The van der Waals surface area contributed by atoms with E-state index in [0.717, 1.165) is 12.4 Å². The molecule has 0 aliphatic rings. The summed E-state index contributed by atoms with van der Waals surface area (Å²) in [6.07, 6.45) is 2.00. The minimum atomic E-state index is -3.72. The summed E-state index contributed by atoms with van der Waals surface area (Å²) < 4.78 is 57.1. The van der Waals surface area contributed by atoms with Crippen LogP contribution in [-0.2, 0) is 22.0 Å². The number of halogens is 1. The fourth-order valence-corrected chi connectivity index (χ4v) is 4.72. The van der Waals surface area contributed by atoms with Crippen molar-refractivity contribution in [2.45, 2.75) is 12.2 Å². The highest BCUT2D eigenvalue weighted by Gasteiger charge is 2.26. The highest BCUT2D eigenvalue weighted by molar-refractivity contribution is 7.90. The van der Waals surface area contributed by atoms with E-state index in [1.54, 1.807) is 41.0 Å². The Morgan fingerprint density at radius 1 is 0.917 bits per heavy atom. The Morgan fingerprint density at radius 2 is 1.58 bits per heavy atom. The fourth-order valence-electron chi connectivity index (χ4n) is 3.50. The zero-order valence-electron chi connectivity index (χ0n) is 19.8. The molecule has 0 spiro atoms. The number of aromatic nitrogens is 6. The predicted molar refractivity (Wildman–Crippen MR) is 127 cm³/mol. The molecule has 0 amide bonds. The monoisotopic (exact) mass is 514 g/mol. The zero-order valence-corrected chi connectivity index (χ0v) is 20.6. The molecule has 0 aliphatic heterocycles. The van der Waals surface area contributed by atoms with Gasteiger partial charge in [0.25, 0.3) is 0 Å². The van der Waals surface area contributed by atoms with Crippen molar-refractivity contribution in [3.63, 3.8) is 0 Å². The topological polar surface area (TPSA) is 131 Å². The lowest BCUT2D eigenvalue weighted by Gasteiger charge is -2.17. The van der Waals surface area contributed by atoms with E-state index in [0.29, 0.717) is 28.8 Å². The second-order valence-electron chi connectivity index (χ2n) is 7.51. The minimum Gasteiger partial charge on any atom is -0.494 e. The van der Waals surface area contributed by atoms with Crippen molar-refractivity contribution < 1.29 is 27.0 Å². The molecule has 0 aliphatic carbocycles. The lowest BCUT2D eigenvalue weighted by Crippen LogP contribution is -2.16. The van der Waals surface area contributed by atoms with E-state index >= 15 is 0 Å². The van der Waals surface area contributed by atoms with Gasteiger partial charge >= 0.3 is 0 Å². The van der Waals surface area contributed by atoms with Gasteiger partial charge in [0.2, 0.25) is 5.88 Å². The highest BCUT2D eigenvalue weighted by Crippen LogP contribution is 2.36. The number of pyridine rings is 1. The number of sulfone groups is 1.